The highest BCUT2D eigenvalue weighted by Gasteiger charge is 2.18. The van der Waals surface area contributed by atoms with Crippen molar-refractivity contribution in [3.63, 3.8) is 0 Å². The van der Waals surface area contributed by atoms with Gasteiger partial charge in [-0.25, -0.2) is 0 Å². The average molecular weight is 275 g/mol. The summed E-state index contributed by atoms with van der Waals surface area (Å²) < 4.78 is 0. The quantitative estimate of drug-likeness (QED) is 0.602. The molecule has 0 aliphatic heterocycles. The van der Waals surface area contributed by atoms with Crippen molar-refractivity contribution < 1.29 is 4.79 Å². The van der Waals surface area contributed by atoms with Crippen LogP contribution >= 0.6 is 0 Å². The molecule has 0 unspecified atom stereocenters. The SMILES string of the molecule is C#CCN(C(=O)c1ccccc1)c1ccccc1CC=C. The van der Waals surface area contributed by atoms with E-state index in [0.717, 1.165) is 11.3 Å². The van der Waals surface area contributed by atoms with Gasteiger partial charge in [0.2, 0.25) is 0 Å². The second-order valence-corrected chi connectivity index (χ2v) is 4.58. The summed E-state index contributed by atoms with van der Waals surface area (Å²) in [6.45, 7) is 4.00. The molecule has 2 nitrogen and oxygen atoms in total. The summed E-state index contributed by atoms with van der Waals surface area (Å²) in [5.41, 5.74) is 2.50. The van der Waals surface area contributed by atoms with Crippen LogP contribution in [-0.2, 0) is 6.42 Å². The van der Waals surface area contributed by atoms with Gasteiger partial charge in [0.25, 0.3) is 5.91 Å². The number of carbonyl (C=O) groups excluding carboxylic acids is 1. The van der Waals surface area contributed by atoms with Gasteiger partial charge in [-0.05, 0) is 30.2 Å². The summed E-state index contributed by atoms with van der Waals surface area (Å²) in [6.07, 6.45) is 7.96. The topological polar surface area (TPSA) is 20.3 Å². The van der Waals surface area contributed by atoms with E-state index in [2.05, 4.69) is 12.5 Å². The van der Waals surface area contributed by atoms with Gasteiger partial charge in [0, 0.05) is 11.3 Å². The van der Waals surface area contributed by atoms with Gasteiger partial charge in [-0.1, -0.05) is 48.4 Å². The van der Waals surface area contributed by atoms with E-state index in [1.165, 1.54) is 0 Å². The lowest BCUT2D eigenvalue weighted by atomic mass is 10.1. The van der Waals surface area contributed by atoms with Crippen molar-refractivity contribution in [2.24, 2.45) is 0 Å². The Morgan fingerprint density at radius 2 is 1.81 bits per heavy atom. The molecule has 0 aliphatic carbocycles. The van der Waals surface area contributed by atoms with Crippen LogP contribution in [-0.4, -0.2) is 12.5 Å². The van der Waals surface area contributed by atoms with Gasteiger partial charge >= 0.3 is 0 Å². The van der Waals surface area contributed by atoms with Crippen LogP contribution in [0.3, 0.4) is 0 Å². The molecule has 2 rings (SSSR count). The molecule has 104 valence electrons. The first-order valence-electron chi connectivity index (χ1n) is 6.77. The highest BCUT2D eigenvalue weighted by atomic mass is 16.2. The highest BCUT2D eigenvalue weighted by molar-refractivity contribution is 6.06. The van der Waals surface area contributed by atoms with Crippen LogP contribution in [0.25, 0.3) is 0 Å². The van der Waals surface area contributed by atoms with Crippen molar-refractivity contribution in [3.05, 3.63) is 78.4 Å². The van der Waals surface area contributed by atoms with Crippen LogP contribution in [0.5, 0.6) is 0 Å². The molecule has 0 fully saturated rings. The van der Waals surface area contributed by atoms with Crippen molar-refractivity contribution in [2.45, 2.75) is 6.42 Å². The summed E-state index contributed by atoms with van der Waals surface area (Å²) in [5.74, 6) is 2.47. The first kappa shape index (κ1) is 14.6. The zero-order chi connectivity index (χ0) is 15.1. The number of para-hydroxylation sites is 1. The second-order valence-electron chi connectivity index (χ2n) is 4.58. The van der Waals surface area contributed by atoms with Gasteiger partial charge < -0.3 is 0 Å². The number of anilines is 1. The van der Waals surface area contributed by atoms with Crippen molar-refractivity contribution in [2.75, 3.05) is 11.4 Å². The molecule has 0 bridgehead atoms. The van der Waals surface area contributed by atoms with Gasteiger partial charge in [-0.2, -0.15) is 0 Å². The minimum absolute atomic E-state index is 0.0925. The van der Waals surface area contributed by atoms with Crippen molar-refractivity contribution in [1.29, 1.82) is 0 Å². The standard InChI is InChI=1S/C19H17NO/c1-3-10-16-11-8-9-14-18(16)20(15-4-2)19(21)17-12-6-5-7-13-17/h2-3,5-9,11-14H,1,10,15H2. The van der Waals surface area contributed by atoms with Gasteiger partial charge in [0.15, 0.2) is 0 Å². The highest BCUT2D eigenvalue weighted by Crippen LogP contribution is 2.23. The van der Waals surface area contributed by atoms with Gasteiger partial charge in [0.05, 0.1) is 6.54 Å². The van der Waals surface area contributed by atoms with Crippen molar-refractivity contribution in [1.82, 2.24) is 0 Å². The Morgan fingerprint density at radius 3 is 2.48 bits per heavy atom. The minimum Gasteiger partial charge on any atom is -0.296 e. The molecular formula is C19H17NO. The predicted octanol–water partition coefficient (Wildman–Crippen LogP) is 3.70. The maximum absolute atomic E-state index is 12.7. The summed E-state index contributed by atoms with van der Waals surface area (Å²) in [5, 5.41) is 0. The molecule has 0 aromatic heterocycles. The molecule has 0 N–H and O–H groups in total. The van der Waals surface area contributed by atoms with Crippen molar-refractivity contribution in [3.8, 4) is 12.3 Å². The van der Waals surface area contributed by atoms with E-state index in [9.17, 15) is 4.79 Å². The van der Waals surface area contributed by atoms with E-state index in [1.807, 2.05) is 48.5 Å². The fourth-order valence-electron chi connectivity index (χ4n) is 2.20. The second kappa shape index (κ2) is 7.12. The van der Waals surface area contributed by atoms with Crippen molar-refractivity contribution >= 4 is 11.6 Å². The number of hydrogen-bond donors (Lipinski definition) is 0. The number of allylic oxidation sites excluding steroid dienone is 1. The van der Waals surface area contributed by atoms with Crippen LogP contribution in [0.1, 0.15) is 15.9 Å². The molecule has 2 aromatic carbocycles. The molecule has 0 spiro atoms. The van der Waals surface area contributed by atoms with E-state index in [4.69, 9.17) is 6.42 Å². The molecule has 0 aliphatic rings. The van der Waals surface area contributed by atoms with Crippen LogP contribution in [0, 0.1) is 12.3 Å². The maximum Gasteiger partial charge on any atom is 0.259 e. The first-order valence-corrected chi connectivity index (χ1v) is 6.77. The Bertz CT molecular complexity index is 667. The number of hydrogen-bond acceptors (Lipinski definition) is 1. The Labute approximate surface area is 125 Å². The molecular weight excluding hydrogens is 258 g/mol. The van der Waals surface area contributed by atoms with Gasteiger partial charge in [0.1, 0.15) is 0 Å². The number of amides is 1. The molecule has 0 heterocycles. The van der Waals surface area contributed by atoms with E-state index >= 15 is 0 Å². The van der Waals surface area contributed by atoms with Gasteiger partial charge in [-0.15, -0.1) is 13.0 Å². The molecule has 2 heteroatoms. The van der Waals surface area contributed by atoms with E-state index in [0.29, 0.717) is 12.0 Å². The Morgan fingerprint density at radius 1 is 1.14 bits per heavy atom. The third-order valence-electron chi connectivity index (χ3n) is 3.16. The molecule has 0 radical (unpaired) electrons. The molecule has 2 aromatic rings. The number of carbonyl (C=O) groups is 1. The fraction of sp³-hybridized carbons (Fsp3) is 0.105. The van der Waals surface area contributed by atoms with Crippen LogP contribution in [0.4, 0.5) is 5.69 Å². The summed E-state index contributed by atoms with van der Waals surface area (Å²) >= 11 is 0. The molecule has 0 saturated heterocycles. The lowest BCUT2D eigenvalue weighted by molar-refractivity contribution is 0.0990. The third kappa shape index (κ3) is 3.40. The van der Waals surface area contributed by atoms with Crippen LogP contribution in [0.2, 0.25) is 0 Å². The summed E-state index contributed by atoms with van der Waals surface area (Å²) in [4.78, 5) is 14.3. The van der Waals surface area contributed by atoms with E-state index in [1.54, 1.807) is 17.0 Å². The summed E-state index contributed by atoms with van der Waals surface area (Å²) in [6, 6.07) is 16.9. The summed E-state index contributed by atoms with van der Waals surface area (Å²) in [7, 11) is 0. The third-order valence-corrected chi connectivity index (χ3v) is 3.16. The average Bonchev–Trinajstić information content (AvgIpc) is 2.54. The van der Waals surface area contributed by atoms with E-state index < -0.39 is 0 Å². The largest absolute Gasteiger partial charge is 0.296 e. The predicted molar refractivity (Wildman–Crippen MR) is 87.3 cm³/mol. The Kier molecular flexibility index (Phi) is 4.95. The fourth-order valence-corrected chi connectivity index (χ4v) is 2.20. The lowest BCUT2D eigenvalue weighted by Crippen LogP contribution is -2.32. The molecule has 0 atom stereocenters. The lowest BCUT2D eigenvalue weighted by Gasteiger charge is -2.23. The molecule has 21 heavy (non-hydrogen) atoms. The number of rotatable bonds is 5. The normalized spacial score (nSPS) is 9.67. The zero-order valence-electron chi connectivity index (χ0n) is 11.8. The molecule has 0 saturated carbocycles. The smallest absolute Gasteiger partial charge is 0.259 e. The Hall–Kier alpha value is -2.79. The monoisotopic (exact) mass is 275 g/mol. The minimum atomic E-state index is -0.0925. The van der Waals surface area contributed by atoms with Gasteiger partial charge in [-0.3, -0.25) is 9.69 Å². The number of terminal acetylenes is 1. The number of nitrogens with zero attached hydrogens (tertiary/aromatic N) is 1. The maximum atomic E-state index is 12.7. The van der Waals surface area contributed by atoms with E-state index in [-0.39, 0.29) is 12.5 Å². The number of benzene rings is 2. The first-order chi connectivity index (χ1) is 10.3. The van der Waals surface area contributed by atoms with Crippen LogP contribution < -0.4 is 4.90 Å². The van der Waals surface area contributed by atoms with Crippen LogP contribution in [0.15, 0.2) is 67.3 Å². The molecule has 1 amide bonds. The Balaban J connectivity index is 2.42. The zero-order valence-corrected chi connectivity index (χ0v) is 11.8.